The Bertz CT molecular complexity index is 1070. The summed E-state index contributed by atoms with van der Waals surface area (Å²) in [5.74, 6) is -1.98. The van der Waals surface area contributed by atoms with E-state index >= 15 is 0 Å². The number of aliphatic hydroxyl groups excluding tert-OH is 3. The number of cyclic esters (lactones) is 1. The molecule has 0 fully saturated rings. The highest BCUT2D eigenvalue weighted by atomic mass is 16.5. The lowest BCUT2D eigenvalue weighted by atomic mass is 9.85. The van der Waals surface area contributed by atoms with E-state index in [9.17, 15) is 30.0 Å². The van der Waals surface area contributed by atoms with Gasteiger partial charge in [0.1, 0.15) is 23.2 Å². The fourth-order valence-electron chi connectivity index (χ4n) is 5.18. The molecule has 2 rings (SSSR count). The van der Waals surface area contributed by atoms with Crippen LogP contribution in [-0.4, -0.2) is 70.4 Å². The van der Waals surface area contributed by atoms with Gasteiger partial charge in [-0.1, -0.05) is 65.3 Å². The molecule has 1 amide bonds. The van der Waals surface area contributed by atoms with Gasteiger partial charge in [0.15, 0.2) is 0 Å². The molecular weight excluding hydrogens is 538 g/mol. The van der Waals surface area contributed by atoms with Gasteiger partial charge in [-0.15, -0.1) is 0 Å². The highest BCUT2D eigenvalue weighted by molar-refractivity contribution is 5.94. The zero-order valence-electron chi connectivity index (χ0n) is 26.0. The number of ether oxygens (including phenoxy) is 2. The summed E-state index contributed by atoms with van der Waals surface area (Å²) in [6, 6.07) is 2.98. The van der Waals surface area contributed by atoms with Crippen molar-refractivity contribution in [3.05, 3.63) is 47.6 Å². The van der Waals surface area contributed by atoms with Crippen molar-refractivity contribution in [2.45, 2.75) is 97.6 Å². The van der Waals surface area contributed by atoms with Crippen molar-refractivity contribution < 1.29 is 39.5 Å². The molecular formula is C33H51NO8. The second-order valence-corrected chi connectivity index (χ2v) is 11.7. The van der Waals surface area contributed by atoms with Crippen LogP contribution in [0, 0.1) is 23.7 Å². The highest BCUT2D eigenvalue weighted by Gasteiger charge is 2.32. The number of fused-ring (bicyclic) bond motifs is 1. The number of rotatable bonds is 12. The molecule has 236 valence electrons. The monoisotopic (exact) mass is 589 g/mol. The van der Waals surface area contributed by atoms with Crippen LogP contribution in [0.1, 0.15) is 82.6 Å². The third-order valence-electron chi connectivity index (χ3n) is 8.35. The van der Waals surface area contributed by atoms with Gasteiger partial charge in [0.2, 0.25) is 5.91 Å². The highest BCUT2D eigenvalue weighted by Crippen LogP contribution is 2.33. The molecule has 8 atom stereocenters. The normalized spacial score (nSPS) is 24.2. The van der Waals surface area contributed by atoms with E-state index in [1.807, 2.05) is 52.0 Å². The van der Waals surface area contributed by atoms with E-state index in [-0.39, 0.29) is 35.5 Å². The molecule has 0 saturated carbocycles. The lowest BCUT2D eigenvalue weighted by Crippen LogP contribution is -2.37. The third kappa shape index (κ3) is 10.1. The number of carbonyl (C=O) groups excluding carboxylic acids is 2. The Morgan fingerprint density at radius 3 is 2.52 bits per heavy atom. The van der Waals surface area contributed by atoms with Gasteiger partial charge < -0.3 is 35.2 Å². The average Bonchev–Trinajstić information content (AvgIpc) is 2.95. The second-order valence-electron chi connectivity index (χ2n) is 11.7. The smallest absolute Gasteiger partial charge is 0.342 e. The third-order valence-corrected chi connectivity index (χ3v) is 8.35. The summed E-state index contributed by atoms with van der Waals surface area (Å²) in [7, 11) is 1.46. The van der Waals surface area contributed by atoms with Gasteiger partial charge in [0.25, 0.3) is 0 Å². The van der Waals surface area contributed by atoms with E-state index in [0.29, 0.717) is 43.5 Å². The average molecular weight is 590 g/mol. The van der Waals surface area contributed by atoms with Gasteiger partial charge in [-0.25, -0.2) is 4.79 Å². The minimum atomic E-state index is -0.794. The summed E-state index contributed by atoms with van der Waals surface area (Å²) >= 11 is 0. The number of benzene rings is 1. The Morgan fingerprint density at radius 2 is 1.86 bits per heavy atom. The fraction of sp³-hybridized carbons (Fsp3) is 0.636. The number of amides is 1. The predicted octanol–water partition coefficient (Wildman–Crippen LogP) is 4.31. The topological polar surface area (TPSA) is 146 Å². The molecule has 42 heavy (non-hydrogen) atoms. The number of esters is 1. The minimum absolute atomic E-state index is 0.00662. The van der Waals surface area contributed by atoms with Crippen molar-refractivity contribution in [3.63, 3.8) is 0 Å². The van der Waals surface area contributed by atoms with E-state index in [1.165, 1.54) is 13.2 Å². The molecule has 5 N–H and O–H groups in total. The molecule has 1 aliphatic rings. The Kier molecular flexibility index (Phi) is 14.5. The Balaban J connectivity index is 2.10. The number of hydrogen-bond acceptors (Lipinski definition) is 8. The van der Waals surface area contributed by atoms with Crippen LogP contribution in [-0.2, 0) is 16.0 Å². The Labute approximate surface area is 250 Å². The largest absolute Gasteiger partial charge is 0.507 e. The van der Waals surface area contributed by atoms with Gasteiger partial charge in [0, 0.05) is 24.9 Å². The van der Waals surface area contributed by atoms with Crippen LogP contribution in [0.2, 0.25) is 0 Å². The molecule has 9 nitrogen and oxygen atoms in total. The first-order chi connectivity index (χ1) is 19.9. The van der Waals surface area contributed by atoms with Crippen LogP contribution in [0.4, 0.5) is 0 Å². The van der Waals surface area contributed by atoms with Gasteiger partial charge >= 0.3 is 5.97 Å². The summed E-state index contributed by atoms with van der Waals surface area (Å²) in [6.07, 6.45) is 7.82. The number of hydrogen-bond donors (Lipinski definition) is 5. The quantitative estimate of drug-likeness (QED) is 0.179. The molecule has 0 aromatic heterocycles. The van der Waals surface area contributed by atoms with Gasteiger partial charge in [-0.2, -0.15) is 0 Å². The molecule has 9 heteroatoms. The van der Waals surface area contributed by atoms with Crippen LogP contribution in [0.3, 0.4) is 0 Å². The number of carbonyl (C=O) groups is 2. The molecule has 0 saturated heterocycles. The van der Waals surface area contributed by atoms with E-state index in [0.717, 1.165) is 6.42 Å². The predicted molar refractivity (Wildman–Crippen MR) is 162 cm³/mol. The number of aliphatic hydroxyl groups is 3. The molecule has 1 aromatic rings. The van der Waals surface area contributed by atoms with E-state index in [2.05, 4.69) is 5.32 Å². The summed E-state index contributed by atoms with van der Waals surface area (Å²) in [6.45, 7) is 9.68. The molecule has 0 spiro atoms. The summed E-state index contributed by atoms with van der Waals surface area (Å²) in [5, 5.41) is 45.5. The second kappa shape index (κ2) is 17.3. The molecule has 0 unspecified atom stereocenters. The maximum atomic E-state index is 13.4. The zero-order valence-corrected chi connectivity index (χ0v) is 26.0. The number of phenolic OH excluding ortho intramolecular Hbond substituents is 1. The first kappa shape index (κ1) is 35.3. The van der Waals surface area contributed by atoms with Crippen molar-refractivity contribution in [2.24, 2.45) is 23.7 Å². The number of aromatic hydroxyl groups is 1. The van der Waals surface area contributed by atoms with Gasteiger partial charge in [-0.05, 0) is 49.1 Å². The first-order valence-corrected chi connectivity index (χ1v) is 15.1. The lowest BCUT2D eigenvalue weighted by molar-refractivity contribution is -0.127. The molecule has 1 aromatic carbocycles. The first-order valence-electron chi connectivity index (χ1n) is 15.1. The van der Waals surface area contributed by atoms with Crippen LogP contribution >= 0.6 is 0 Å². The molecule has 1 heterocycles. The van der Waals surface area contributed by atoms with Gasteiger partial charge in [0.05, 0.1) is 31.3 Å². The number of phenols is 1. The lowest BCUT2D eigenvalue weighted by Gasteiger charge is -2.31. The maximum absolute atomic E-state index is 13.4. The Morgan fingerprint density at radius 1 is 1.17 bits per heavy atom. The number of methoxy groups -OCH3 is 1. The maximum Gasteiger partial charge on any atom is 0.342 e. The van der Waals surface area contributed by atoms with E-state index < -0.39 is 42.2 Å². The number of allylic oxidation sites excluding steroid dienone is 2. The van der Waals surface area contributed by atoms with Crippen molar-refractivity contribution >= 4 is 11.9 Å². The molecule has 1 aliphatic heterocycles. The summed E-state index contributed by atoms with van der Waals surface area (Å²) < 4.78 is 11.2. The molecule has 0 radical (unpaired) electrons. The van der Waals surface area contributed by atoms with Crippen molar-refractivity contribution in [3.8, 4) is 11.5 Å². The van der Waals surface area contributed by atoms with Crippen molar-refractivity contribution in [1.82, 2.24) is 5.32 Å². The van der Waals surface area contributed by atoms with Crippen LogP contribution < -0.4 is 10.1 Å². The van der Waals surface area contributed by atoms with Crippen LogP contribution in [0.25, 0.3) is 0 Å². The standard InChI is InChI=1S/C33H51NO8/c1-7-12-26(35)22(4)32(39)34-16-11-10-14-21(3)31(38)23(5)29-15-9-8-13-20(2)27(36)18-24-17-25(41-6)19-28(37)30(24)33(40)42-29/h8-11,17,19-23,26-27,29,31,35-38H,7,12-16,18H2,1-6H3,(H,34,39)/b9-8-,11-10-/t20-,21+,22+,23+,26+,27-,29-,31-/m0/s1. The molecule has 0 bridgehead atoms. The fourth-order valence-corrected chi connectivity index (χ4v) is 5.18. The van der Waals surface area contributed by atoms with E-state index in [1.54, 1.807) is 13.0 Å². The Hall–Kier alpha value is -2.88. The van der Waals surface area contributed by atoms with Crippen molar-refractivity contribution in [2.75, 3.05) is 13.7 Å². The van der Waals surface area contributed by atoms with Crippen molar-refractivity contribution in [1.29, 1.82) is 0 Å². The van der Waals surface area contributed by atoms with Crippen LogP contribution in [0.15, 0.2) is 36.4 Å². The zero-order chi connectivity index (χ0) is 31.4. The summed E-state index contributed by atoms with van der Waals surface area (Å²) in [4.78, 5) is 25.6. The van der Waals surface area contributed by atoms with Crippen LogP contribution in [0.5, 0.6) is 11.5 Å². The van der Waals surface area contributed by atoms with Gasteiger partial charge in [-0.3, -0.25) is 4.79 Å². The van der Waals surface area contributed by atoms with E-state index in [4.69, 9.17) is 9.47 Å². The number of nitrogens with one attached hydrogen (secondary N) is 1. The minimum Gasteiger partial charge on any atom is -0.507 e. The summed E-state index contributed by atoms with van der Waals surface area (Å²) in [5.41, 5.74) is 0.431. The SMILES string of the molecule is CCC[C@@H](O)[C@@H](C)C(=O)NC/C=C\C[C@@H](C)[C@H](O)[C@H](C)[C@@H]1C/C=C\C[C@H](C)[C@@H](O)Cc2cc(OC)cc(O)c2C(=O)O1. The molecule has 0 aliphatic carbocycles.